The van der Waals surface area contributed by atoms with Crippen molar-refractivity contribution in [1.82, 2.24) is 19.5 Å². The smallest absolute Gasteiger partial charge is 0.388 e. The minimum absolute atomic E-state index is 0.209. The fourth-order valence-corrected chi connectivity index (χ4v) is 51.6. The molecule has 0 spiro atoms. The summed E-state index contributed by atoms with van der Waals surface area (Å²) in [6.45, 7) is 49.4. The monoisotopic (exact) mass is 1000 g/mol. The van der Waals surface area contributed by atoms with Gasteiger partial charge in [-0.25, -0.2) is 24.1 Å². The Morgan fingerprint density at radius 2 is 1.05 bits per heavy atom. The summed E-state index contributed by atoms with van der Waals surface area (Å²) < 4.78 is 49.1. The quantitative estimate of drug-likeness (QED) is 0.0864. The van der Waals surface area contributed by atoms with Gasteiger partial charge in [-0.05, 0) is 0 Å². The Labute approximate surface area is 362 Å². The first-order chi connectivity index (χ1) is 25.3. The maximum absolute atomic E-state index is 15.2. The van der Waals surface area contributed by atoms with E-state index >= 15 is 10.2 Å². The first-order valence-corrected chi connectivity index (χ1v) is 51.4. The minimum atomic E-state index is -5.68. The SMILES string of the molecule is C[Si](C)(C)c1nc(N)c2nc([Si](C)(C)C)n([C@]3([Si](C)(C)C)O[C@@](C(OP(=O)(O)OP(=O)(O)O)([Si](C)(C)C)[Si](C)(C)C)([Si](C)(C)C)C(O)([Si](C)(C)C)C3(O)[Si](C)(C)C)c2n1. The molecule has 0 bridgehead atoms. The van der Waals surface area contributed by atoms with Crippen LogP contribution in [0, 0.1) is 0 Å². The van der Waals surface area contributed by atoms with Crippen molar-refractivity contribution in [3.05, 3.63) is 0 Å². The number of nitrogens with zero attached hydrogens (tertiary/aromatic N) is 4. The summed E-state index contributed by atoms with van der Waals surface area (Å²) in [7, 11) is -36.3. The van der Waals surface area contributed by atoms with Gasteiger partial charge in [-0.3, -0.25) is 9.09 Å². The van der Waals surface area contributed by atoms with E-state index in [4.69, 9.17) is 34.3 Å². The highest BCUT2D eigenvalue weighted by atomic mass is 31.3. The first kappa shape index (κ1) is 53.6. The molecule has 0 radical (unpaired) electrons. The summed E-state index contributed by atoms with van der Waals surface area (Å²) >= 11 is 0. The Hall–Kier alpha value is 0.225. The van der Waals surface area contributed by atoms with E-state index in [-0.39, 0.29) is 5.82 Å². The summed E-state index contributed by atoms with van der Waals surface area (Å²) in [4.78, 5) is 45.5. The summed E-state index contributed by atoms with van der Waals surface area (Å²) in [5.74, 6) is 0.209. The maximum atomic E-state index is 15.2. The van der Waals surface area contributed by atoms with E-state index in [1.54, 1.807) is 0 Å². The molecule has 1 aliphatic heterocycles. The van der Waals surface area contributed by atoms with Crippen LogP contribution in [0.25, 0.3) is 11.2 Å². The van der Waals surface area contributed by atoms with Crippen molar-refractivity contribution >= 4 is 108 Å². The fraction of sp³-hybridized carbons (Fsp3) is 0.853. The number of imidazole rings is 1. The van der Waals surface area contributed by atoms with Crippen molar-refractivity contribution < 1.29 is 47.6 Å². The number of aliphatic hydroxyl groups is 2. The number of hydrogen-bond acceptors (Lipinski definition) is 11. The lowest BCUT2D eigenvalue weighted by Crippen LogP contribution is -2.95. The largest absolute Gasteiger partial charge is 0.481 e. The predicted octanol–water partition coefficient (Wildman–Crippen LogP) is 6.61. The Morgan fingerprint density at radius 3 is 1.36 bits per heavy atom. The number of aromatic nitrogens is 4. The van der Waals surface area contributed by atoms with E-state index < -0.39 is 106 Å². The van der Waals surface area contributed by atoms with Crippen LogP contribution in [0.3, 0.4) is 0 Å². The third-order valence-corrected chi connectivity index (χ3v) is 40.4. The average Bonchev–Trinajstić information content (AvgIpc) is 3.40. The van der Waals surface area contributed by atoms with E-state index in [2.05, 4.69) is 58.9 Å². The molecule has 1 saturated heterocycles. The molecule has 7 N–H and O–H groups in total. The number of nitrogens with two attached hydrogens (primary N) is 1. The van der Waals surface area contributed by atoms with Crippen LogP contribution in [-0.2, 0) is 28.0 Å². The topological polar surface area (TPSA) is 233 Å². The molecular weight excluding hydrogens is 925 g/mol. The molecule has 59 heavy (non-hydrogen) atoms. The Kier molecular flexibility index (Phi) is 13.3. The van der Waals surface area contributed by atoms with Gasteiger partial charge in [0.05, 0.1) is 50.7 Å². The van der Waals surface area contributed by atoms with Crippen LogP contribution >= 0.6 is 15.6 Å². The van der Waals surface area contributed by atoms with E-state index in [1.807, 2.05) is 103 Å². The van der Waals surface area contributed by atoms with Crippen molar-refractivity contribution in [2.75, 3.05) is 5.73 Å². The molecule has 1 fully saturated rings. The Bertz CT molecular complexity index is 2060. The number of ether oxygens (including phenoxy) is 1. The van der Waals surface area contributed by atoms with Crippen LogP contribution in [0.4, 0.5) is 5.82 Å². The number of hydrogen-bond donors (Lipinski definition) is 6. The molecule has 0 aromatic carbocycles. The lowest BCUT2D eigenvalue weighted by molar-refractivity contribution is -0.145. The van der Waals surface area contributed by atoms with Gasteiger partial charge in [0.15, 0.2) is 16.8 Å². The number of phosphoric ester groups is 1. The lowest BCUT2D eigenvalue weighted by Gasteiger charge is -2.70. The second-order valence-corrected chi connectivity index (χ2v) is 69.4. The van der Waals surface area contributed by atoms with Crippen LogP contribution in [0.2, 0.25) is 157 Å². The first-order valence-electron chi connectivity index (χ1n) is 20.4. The summed E-state index contributed by atoms with van der Waals surface area (Å²) in [5.41, 5.74) is 8.90. The van der Waals surface area contributed by atoms with Gasteiger partial charge < -0.3 is 35.4 Å². The van der Waals surface area contributed by atoms with E-state index in [0.29, 0.717) is 22.1 Å². The molecule has 342 valence electrons. The molecule has 25 heteroatoms. The average molecular weight is 1000 g/mol. The minimum Gasteiger partial charge on any atom is -0.388 e. The number of fused-ring (bicyclic) bond motifs is 1. The molecule has 0 amide bonds. The van der Waals surface area contributed by atoms with Crippen molar-refractivity contribution in [2.45, 2.75) is 183 Å². The zero-order valence-corrected chi connectivity index (χ0v) is 50.3. The lowest BCUT2D eigenvalue weighted by atomic mass is 10.1. The van der Waals surface area contributed by atoms with Gasteiger partial charge in [0.2, 0.25) is 0 Å². The highest BCUT2D eigenvalue weighted by molar-refractivity contribution is 7.60. The van der Waals surface area contributed by atoms with Crippen LogP contribution in [0.5, 0.6) is 0 Å². The molecule has 1 aliphatic rings. The van der Waals surface area contributed by atoms with Gasteiger partial charge in [-0.1, -0.05) is 157 Å². The second-order valence-electron chi connectivity index (χ2n) is 25.0. The third kappa shape index (κ3) is 7.74. The number of nitrogen functional groups attached to an aromatic ring is 1. The predicted molar refractivity (Wildman–Crippen MR) is 264 cm³/mol. The Balaban J connectivity index is 3.17. The van der Waals surface area contributed by atoms with E-state index in [0.717, 1.165) is 0 Å². The fourth-order valence-electron chi connectivity index (χ4n) is 10.7. The molecule has 2 aromatic heterocycles. The zero-order valence-electron chi connectivity index (χ0n) is 40.5. The number of rotatable bonds is 14. The van der Waals surface area contributed by atoms with Gasteiger partial charge in [-0.2, -0.15) is 4.31 Å². The van der Waals surface area contributed by atoms with Crippen molar-refractivity contribution in [2.24, 2.45) is 0 Å². The molecule has 5 atom stereocenters. The highest BCUT2D eigenvalue weighted by Gasteiger charge is 2.94. The van der Waals surface area contributed by atoms with Gasteiger partial charge in [0.1, 0.15) is 50.9 Å². The summed E-state index contributed by atoms with van der Waals surface area (Å²) in [5, 5.41) is 22.4. The zero-order chi connectivity index (χ0) is 47.2. The van der Waals surface area contributed by atoms with E-state index in [9.17, 15) is 23.8 Å². The molecule has 0 saturated carbocycles. The van der Waals surface area contributed by atoms with Crippen LogP contribution < -0.4 is 16.6 Å². The van der Waals surface area contributed by atoms with Gasteiger partial charge >= 0.3 is 15.6 Å². The second kappa shape index (κ2) is 14.6. The molecule has 3 heterocycles. The molecular formula is C34H79N5O10P2Si8. The molecule has 3 rings (SSSR count). The maximum Gasteiger partial charge on any atom is 0.481 e. The summed E-state index contributed by atoms with van der Waals surface area (Å²) in [6.07, 6.45) is 0. The molecule has 2 aromatic rings. The normalized spacial score (nSPS) is 27.4. The van der Waals surface area contributed by atoms with Gasteiger partial charge in [0.25, 0.3) is 0 Å². The molecule has 15 nitrogen and oxygen atoms in total. The van der Waals surface area contributed by atoms with Crippen molar-refractivity contribution in [3.8, 4) is 0 Å². The Morgan fingerprint density at radius 1 is 0.627 bits per heavy atom. The number of anilines is 1. The van der Waals surface area contributed by atoms with Crippen molar-refractivity contribution in [3.63, 3.8) is 0 Å². The highest BCUT2D eigenvalue weighted by Crippen LogP contribution is 2.74. The molecule has 0 aliphatic carbocycles. The third-order valence-electron chi connectivity index (χ3n) is 12.3. The number of phosphoric acid groups is 2. The van der Waals surface area contributed by atoms with Gasteiger partial charge in [0, 0.05) is 0 Å². The molecule has 3 unspecified atom stereocenters. The standard InChI is InChI=1S/C34H79N5O10P2Si8/c1-52(2,3)28-37-26(35)25-27(38-28)39(29(36-25)53(4,5)6)33(57(16,17)18)31(41,55(10,11)12)30(40,54(7,8)9)32(47-33,56(13,14)15)34(58(19,20)21,59(22,23)24)48-51(45,46)49-50(42,43)44/h40-41H,1-24H3,(H,45,46)(H2,35,37,38)(H2,42,43,44)/t30?,31?,32-,33+/m1/s1. The van der Waals surface area contributed by atoms with E-state index in [1.165, 1.54) is 0 Å². The van der Waals surface area contributed by atoms with Gasteiger partial charge in [-0.15, -0.1) is 0 Å². The van der Waals surface area contributed by atoms with Crippen molar-refractivity contribution in [1.29, 1.82) is 0 Å². The summed E-state index contributed by atoms with van der Waals surface area (Å²) in [6, 6.07) is 0. The van der Waals surface area contributed by atoms with Crippen LogP contribution in [0.1, 0.15) is 0 Å². The van der Waals surface area contributed by atoms with Crippen LogP contribution in [-0.4, -0.2) is 130 Å². The van der Waals surface area contributed by atoms with Crippen LogP contribution in [0.15, 0.2) is 0 Å².